The molecule has 8 aromatic rings. The summed E-state index contributed by atoms with van der Waals surface area (Å²) in [7, 11) is 0. The molecule has 0 aliphatic rings. The van der Waals surface area contributed by atoms with Crippen LogP contribution in [0.4, 0.5) is 4.39 Å². The molecule has 0 saturated carbocycles. The maximum absolute atomic E-state index is 14.9. The molecule has 3 aromatic heterocycles. The fourth-order valence-corrected chi connectivity index (χ4v) is 5.99. The first-order chi connectivity index (χ1) is 31.5. The van der Waals surface area contributed by atoms with Gasteiger partial charge >= 0.3 is 0 Å². The van der Waals surface area contributed by atoms with Crippen molar-refractivity contribution in [2.45, 2.75) is 54.6 Å². The predicted octanol–water partition coefficient (Wildman–Crippen LogP) is 13.3. The number of hydrogen-bond acceptors (Lipinski definition) is 3. The number of pyridine rings is 2. The zero-order valence-electron chi connectivity index (χ0n) is 44.5. The summed E-state index contributed by atoms with van der Waals surface area (Å²) >= 11 is 0. The van der Waals surface area contributed by atoms with Crippen LogP contribution in [0.5, 0.6) is 0 Å². The summed E-state index contributed by atoms with van der Waals surface area (Å²) in [6.07, 6.45) is 0.419. The fraction of sp³-hybridized carbons (Fsp3) is 0.184. The average molecular weight is 902 g/mol. The van der Waals surface area contributed by atoms with Gasteiger partial charge in [0, 0.05) is 62.6 Å². The van der Waals surface area contributed by atoms with Gasteiger partial charge in [0.15, 0.2) is 0 Å². The number of halogens is 1. The molecule has 0 N–H and O–H groups in total. The van der Waals surface area contributed by atoms with Crippen molar-refractivity contribution in [2.24, 2.45) is 5.41 Å². The number of rotatable bonds is 5. The molecule has 0 aliphatic carbocycles. The maximum Gasteiger partial charge on any atom is 0.128 e. The van der Waals surface area contributed by atoms with Crippen molar-refractivity contribution in [1.29, 1.82) is 0 Å². The van der Waals surface area contributed by atoms with Crippen LogP contribution in [0.2, 0.25) is 0 Å². The van der Waals surface area contributed by atoms with Gasteiger partial charge in [0.2, 0.25) is 0 Å². The molecule has 8 rings (SSSR count). The Kier molecular flexibility index (Phi) is 6.98. The number of furan rings is 1. The van der Waals surface area contributed by atoms with Crippen LogP contribution >= 0.6 is 0 Å². The molecule has 54 heavy (non-hydrogen) atoms. The van der Waals surface area contributed by atoms with E-state index in [9.17, 15) is 4.39 Å². The molecule has 0 fully saturated rings. The molecular weight excluding hydrogens is 844 g/mol. The quantitative estimate of drug-likeness (QED) is 0.162. The van der Waals surface area contributed by atoms with Crippen molar-refractivity contribution in [3.05, 3.63) is 167 Å². The second kappa shape index (κ2) is 16.0. The summed E-state index contributed by atoms with van der Waals surface area (Å²) in [5.74, 6) is -0.458. The number of aromatic nitrogens is 2. The number of aryl methyl sites for hydroxylation is 4. The molecule has 3 nitrogen and oxygen atoms in total. The van der Waals surface area contributed by atoms with Crippen LogP contribution in [-0.4, -0.2) is 9.97 Å². The fourth-order valence-electron chi connectivity index (χ4n) is 5.99. The molecule has 0 amide bonds. The zero-order chi connectivity index (χ0) is 49.9. The molecule has 0 unspecified atom stereocenters. The van der Waals surface area contributed by atoms with Crippen LogP contribution in [0.25, 0.3) is 66.7 Å². The van der Waals surface area contributed by atoms with E-state index in [4.69, 9.17) is 25.0 Å². The Hall–Kier alpha value is -5.22. The summed E-state index contributed by atoms with van der Waals surface area (Å²) in [6.45, 7) is -4.88. The number of fused-ring (bicyclic) bond motifs is 3. The van der Waals surface area contributed by atoms with E-state index in [1.165, 1.54) is 54.7 Å². The Balaban J connectivity index is 0.000000312. The van der Waals surface area contributed by atoms with Gasteiger partial charge in [0.1, 0.15) is 11.4 Å². The number of benzene rings is 5. The Morgan fingerprint density at radius 3 is 2.24 bits per heavy atom. The average Bonchev–Trinajstić information content (AvgIpc) is 3.63. The number of nitrogens with zero attached hydrogens (tertiary/aromatic N) is 2. The molecule has 0 spiro atoms. The van der Waals surface area contributed by atoms with Crippen molar-refractivity contribution in [1.82, 2.24) is 9.97 Å². The van der Waals surface area contributed by atoms with E-state index in [0.717, 1.165) is 11.8 Å². The van der Waals surface area contributed by atoms with Gasteiger partial charge in [-0.25, -0.2) is 4.39 Å². The minimum atomic E-state index is -2.83. The SMILES string of the molecule is [2H]C([2H])([2H])c1c[c-]c(-c2ccc(C([2H])([2H])[2H])cn2)cc1.[2H]c1cc(C([2H])([2H])C(C)(C)C)cc(C([2H])([2H])[2H])c1-c1cc(-c2[c-]ccc3c2oc2c(-c4ccccc4)cc(F)cc23)ncc1C([2H])([2H])[2H].[Ir]. The molecule has 0 saturated heterocycles. The Bertz CT molecular complexity index is 3080. The van der Waals surface area contributed by atoms with E-state index in [1.807, 2.05) is 30.3 Å². The van der Waals surface area contributed by atoms with Gasteiger partial charge in [0.25, 0.3) is 0 Å². The Morgan fingerprint density at radius 1 is 0.741 bits per heavy atom. The second-order valence-electron chi connectivity index (χ2n) is 13.5. The molecule has 3 heterocycles. The van der Waals surface area contributed by atoms with Crippen molar-refractivity contribution in [3.63, 3.8) is 0 Å². The molecule has 5 aromatic carbocycles. The smallest absolute Gasteiger partial charge is 0.128 e. The van der Waals surface area contributed by atoms with E-state index in [0.29, 0.717) is 44.3 Å². The second-order valence-corrected chi connectivity index (χ2v) is 13.5. The van der Waals surface area contributed by atoms with Crippen LogP contribution in [0.3, 0.4) is 0 Å². The molecule has 273 valence electrons. The summed E-state index contributed by atoms with van der Waals surface area (Å²) in [6, 6.07) is 32.4. The Morgan fingerprint density at radius 2 is 1.54 bits per heavy atom. The predicted molar refractivity (Wildman–Crippen MR) is 217 cm³/mol. The van der Waals surface area contributed by atoms with Gasteiger partial charge in [-0.2, -0.15) is 0 Å². The van der Waals surface area contributed by atoms with Crippen LogP contribution in [0.15, 0.2) is 126 Å². The van der Waals surface area contributed by atoms with Gasteiger partial charge in [-0.1, -0.05) is 105 Å². The van der Waals surface area contributed by atoms with Crippen LogP contribution < -0.4 is 0 Å². The van der Waals surface area contributed by atoms with Crippen LogP contribution in [-0.2, 0) is 26.5 Å². The van der Waals surface area contributed by atoms with Gasteiger partial charge < -0.3 is 14.4 Å². The molecule has 1 radical (unpaired) electrons. The summed E-state index contributed by atoms with van der Waals surface area (Å²) in [4.78, 5) is 8.52. The van der Waals surface area contributed by atoms with Crippen molar-refractivity contribution in [3.8, 4) is 44.8 Å². The minimum Gasteiger partial charge on any atom is -0.500 e. The van der Waals surface area contributed by atoms with E-state index in [1.54, 1.807) is 45.0 Å². The van der Waals surface area contributed by atoms with Gasteiger partial charge in [-0.3, -0.25) is 0 Å². The van der Waals surface area contributed by atoms with E-state index in [2.05, 4.69) is 22.1 Å². The first-order valence-corrected chi connectivity index (χ1v) is 16.7. The maximum atomic E-state index is 14.9. The minimum absolute atomic E-state index is 0. The standard InChI is InChI=1S/C36H31FNO.C13H12N.Ir/c1-22-16-24(20-36(3,4)5)14-15-27(22)30-19-33(38-21-23(30)2)29-13-9-12-28-32-18-26(37)17-31(35(32)39-34(28)29)25-10-7-6-8-11-25;1-10-3-6-12(7-4-10)13-8-5-11(2)9-14-13;/h6-12,14-19,21H,20H2,1-5H3;3-6,8-9H,1-2H3;/q2*-1;/i1D3,2D3,15D,20D2;1D3,2D3;. The summed E-state index contributed by atoms with van der Waals surface area (Å²) in [5.41, 5.74) is 2.29. The van der Waals surface area contributed by atoms with Crippen molar-refractivity contribution in [2.75, 3.05) is 0 Å². The van der Waals surface area contributed by atoms with Gasteiger partial charge in [-0.05, 0) is 94.8 Å². The van der Waals surface area contributed by atoms with Crippen LogP contribution in [0.1, 0.15) is 69.1 Å². The van der Waals surface area contributed by atoms with E-state index >= 15 is 0 Å². The molecule has 5 heteroatoms. The Labute approximate surface area is 352 Å². The van der Waals surface area contributed by atoms with Gasteiger partial charge in [-0.15, -0.1) is 53.6 Å². The normalized spacial score (nSPS) is 16.6. The molecule has 0 bridgehead atoms. The first-order valence-electron chi connectivity index (χ1n) is 24.2. The first kappa shape index (κ1) is 23.5. The molecule has 0 aliphatic heterocycles. The summed E-state index contributed by atoms with van der Waals surface area (Å²) < 4.78 is 141. The molecule has 0 atom stereocenters. The zero-order valence-corrected chi connectivity index (χ0v) is 31.9. The monoisotopic (exact) mass is 902 g/mol. The third-order valence-corrected chi connectivity index (χ3v) is 8.32. The number of hydrogen-bond donors (Lipinski definition) is 0. The van der Waals surface area contributed by atoms with E-state index in [-0.39, 0.29) is 70.8 Å². The van der Waals surface area contributed by atoms with Crippen molar-refractivity contribution < 1.29 is 49.5 Å². The van der Waals surface area contributed by atoms with Crippen molar-refractivity contribution >= 4 is 21.9 Å². The molecular formula is C49H43FIrN2O-2. The summed E-state index contributed by atoms with van der Waals surface area (Å²) in [5, 5.41) is 1.08. The largest absolute Gasteiger partial charge is 0.500 e. The third kappa shape index (κ3) is 8.44. The van der Waals surface area contributed by atoms with Crippen LogP contribution in [0, 0.1) is 50.8 Å². The third-order valence-electron chi connectivity index (χ3n) is 8.32. The van der Waals surface area contributed by atoms with Gasteiger partial charge in [0.05, 0.1) is 6.95 Å². The van der Waals surface area contributed by atoms with E-state index < -0.39 is 45.0 Å². The topological polar surface area (TPSA) is 38.9 Å².